The smallest absolute Gasteiger partial charge is 0.397 e. The molecular weight excluding hydrogens is 644 g/mol. The largest absolute Gasteiger partial charge is 0.462 e. The van der Waals surface area contributed by atoms with Gasteiger partial charge in [-0.25, -0.2) is 4.18 Å². The van der Waals surface area contributed by atoms with Crippen LogP contribution in [0, 0.1) is 57.7 Å². The Morgan fingerprint density at radius 3 is 2.20 bits per heavy atom. The fraction of sp³-hybridized carbons (Fsp3) is 0.946. The number of nitrogens with one attached hydrogen (secondary N) is 1. The number of ether oxygens (including phenoxy) is 1. The van der Waals surface area contributed by atoms with Crippen LogP contribution in [0.3, 0.4) is 0 Å². The third kappa shape index (κ3) is 8.51. The summed E-state index contributed by atoms with van der Waals surface area (Å²) in [6.07, 6.45) is 8.00. The second-order valence-corrected chi connectivity index (χ2v) is 18.3. The molecule has 4 aliphatic carbocycles. The van der Waals surface area contributed by atoms with E-state index in [0.717, 1.165) is 70.9 Å². The lowest BCUT2D eigenvalue weighted by atomic mass is 9.37. The molecule has 0 bridgehead atoms. The molecular formula is C37H68N4O7S. The van der Waals surface area contributed by atoms with Crippen molar-refractivity contribution in [2.75, 3.05) is 39.3 Å². The second-order valence-electron chi connectivity index (χ2n) is 17.3. The molecule has 49 heavy (non-hydrogen) atoms. The van der Waals surface area contributed by atoms with Crippen LogP contribution in [-0.2, 0) is 28.9 Å². The van der Waals surface area contributed by atoms with Crippen LogP contribution < -0.4 is 16.8 Å². The maximum atomic E-state index is 14.3. The van der Waals surface area contributed by atoms with Gasteiger partial charge in [-0.3, -0.25) is 19.0 Å². The fourth-order valence-electron chi connectivity index (χ4n) is 12.0. The predicted octanol–water partition coefficient (Wildman–Crippen LogP) is 4.79. The maximum Gasteiger partial charge on any atom is 0.397 e. The molecule has 0 aliphatic heterocycles. The van der Waals surface area contributed by atoms with Gasteiger partial charge in [0, 0.05) is 58.0 Å². The number of nitrogens with zero attached hydrogens (tertiary/aromatic N) is 1. The molecule has 6 N–H and O–H groups in total. The molecule has 0 spiro atoms. The van der Waals surface area contributed by atoms with Crippen molar-refractivity contribution in [1.82, 2.24) is 10.2 Å². The summed E-state index contributed by atoms with van der Waals surface area (Å²) in [6.45, 7) is 19.0. The number of hydrogen-bond acceptors (Lipinski definition) is 9. The third-order valence-corrected chi connectivity index (χ3v) is 14.8. The van der Waals surface area contributed by atoms with Crippen LogP contribution in [0.15, 0.2) is 0 Å². The van der Waals surface area contributed by atoms with Gasteiger partial charge in [0.05, 0.1) is 6.10 Å². The van der Waals surface area contributed by atoms with Crippen molar-refractivity contribution in [1.29, 1.82) is 0 Å². The summed E-state index contributed by atoms with van der Waals surface area (Å²) in [5.74, 6) is 0.893. The topological polar surface area (TPSA) is 174 Å². The normalized spacial score (nSPS) is 38.1. The summed E-state index contributed by atoms with van der Waals surface area (Å²) in [4.78, 5) is 29.1. The summed E-state index contributed by atoms with van der Waals surface area (Å²) in [5.41, 5.74) is 11.4. The maximum absolute atomic E-state index is 14.3. The minimum atomic E-state index is -4.52. The zero-order valence-corrected chi connectivity index (χ0v) is 32.2. The van der Waals surface area contributed by atoms with Crippen molar-refractivity contribution >= 4 is 22.3 Å². The standard InChI is InChI=1S/C37H68N4O7S/c1-24(2)9-8-10-27(34(43)40-19-22-41(20-17-38)21-18-39)33-29-11-12-32-35(5)15-14-30(48-49(44,45)46)25(3)28(35)13-16-36(32,6)37(29,7)23-31(33)47-26(4)42/h24-25,27-33H,8-23,38-39H2,1-7H3,(H,40,43)(H,44,45,46)/t25-,27-,28-,29-,30+,31-,32-,33-,35-,36-,37-/m0/s1. The lowest BCUT2D eigenvalue weighted by molar-refractivity contribution is -0.201. The summed E-state index contributed by atoms with van der Waals surface area (Å²) in [7, 11) is -4.52. The minimum Gasteiger partial charge on any atom is -0.462 e. The van der Waals surface area contributed by atoms with E-state index in [4.69, 9.17) is 20.4 Å². The Morgan fingerprint density at radius 2 is 1.61 bits per heavy atom. The van der Waals surface area contributed by atoms with E-state index in [1.165, 1.54) is 6.92 Å². The molecule has 11 atom stereocenters. The van der Waals surface area contributed by atoms with E-state index in [2.05, 4.69) is 51.8 Å². The summed E-state index contributed by atoms with van der Waals surface area (Å²) < 4.78 is 44.2. The average molecular weight is 713 g/mol. The summed E-state index contributed by atoms with van der Waals surface area (Å²) in [6, 6.07) is 0. The van der Waals surface area contributed by atoms with E-state index >= 15 is 0 Å². The Bertz CT molecular complexity index is 1240. The molecule has 4 fully saturated rings. The van der Waals surface area contributed by atoms with Crippen LogP contribution in [0.2, 0.25) is 0 Å². The van der Waals surface area contributed by atoms with E-state index in [0.29, 0.717) is 44.4 Å². The van der Waals surface area contributed by atoms with Crippen molar-refractivity contribution in [2.45, 2.75) is 125 Å². The first-order chi connectivity index (χ1) is 22.9. The highest BCUT2D eigenvalue weighted by Gasteiger charge is 2.70. The zero-order valence-electron chi connectivity index (χ0n) is 31.4. The number of carbonyl (C=O) groups excluding carboxylic acids is 2. The SMILES string of the molecule is CC(=O)O[C@H]1C[C@@]2(C)[C@@H](CC[C@H]3[C@@]4(C)CC[C@@H](OS(=O)(=O)O)[C@@H](C)[C@@H]4CC[C@@]32C)[C@@H]1[C@H](CCCC(C)C)C(=O)NCCN(CCN)CCN. The van der Waals surface area contributed by atoms with Gasteiger partial charge in [-0.15, -0.1) is 0 Å². The first-order valence-corrected chi connectivity index (χ1v) is 20.5. The number of rotatable bonds is 16. The van der Waals surface area contributed by atoms with Crippen molar-refractivity contribution in [3.63, 3.8) is 0 Å². The lowest BCUT2D eigenvalue weighted by Gasteiger charge is -2.68. The van der Waals surface area contributed by atoms with Gasteiger partial charge in [0.2, 0.25) is 5.91 Å². The summed E-state index contributed by atoms with van der Waals surface area (Å²) in [5, 5.41) is 3.29. The third-order valence-electron chi connectivity index (χ3n) is 14.3. The quantitative estimate of drug-likeness (QED) is 0.129. The molecule has 12 heteroatoms. The second kappa shape index (κ2) is 16.1. The molecule has 0 heterocycles. The van der Waals surface area contributed by atoms with Crippen LogP contribution in [0.1, 0.15) is 113 Å². The molecule has 284 valence electrons. The number of fused-ring (bicyclic) bond motifs is 5. The van der Waals surface area contributed by atoms with Crippen molar-refractivity contribution in [3.8, 4) is 0 Å². The lowest BCUT2D eigenvalue weighted by Crippen LogP contribution is -2.62. The Morgan fingerprint density at radius 1 is 0.939 bits per heavy atom. The number of esters is 1. The minimum absolute atomic E-state index is 0.000498. The van der Waals surface area contributed by atoms with E-state index in [-0.39, 0.29) is 63.8 Å². The van der Waals surface area contributed by atoms with E-state index < -0.39 is 16.5 Å². The first-order valence-electron chi connectivity index (χ1n) is 19.1. The van der Waals surface area contributed by atoms with Crippen molar-refractivity contribution < 1.29 is 31.5 Å². The van der Waals surface area contributed by atoms with Crippen LogP contribution in [0.5, 0.6) is 0 Å². The Kier molecular flexibility index (Phi) is 13.3. The van der Waals surface area contributed by atoms with Crippen LogP contribution in [-0.4, -0.2) is 81.2 Å². The number of amides is 1. The van der Waals surface area contributed by atoms with Crippen LogP contribution >= 0.6 is 0 Å². The van der Waals surface area contributed by atoms with Gasteiger partial charge in [-0.1, -0.05) is 54.4 Å². The highest BCUT2D eigenvalue weighted by atomic mass is 32.3. The molecule has 4 saturated carbocycles. The van der Waals surface area contributed by atoms with Gasteiger partial charge < -0.3 is 21.5 Å². The first kappa shape index (κ1) is 40.5. The van der Waals surface area contributed by atoms with E-state index in [1.807, 2.05) is 0 Å². The Balaban J connectivity index is 1.63. The van der Waals surface area contributed by atoms with Gasteiger partial charge in [0.1, 0.15) is 6.10 Å². The Labute approximate surface area is 296 Å². The van der Waals surface area contributed by atoms with Gasteiger partial charge in [-0.05, 0) is 97.2 Å². The molecule has 0 radical (unpaired) electrons. The van der Waals surface area contributed by atoms with E-state index in [1.54, 1.807) is 0 Å². The molecule has 4 rings (SSSR count). The van der Waals surface area contributed by atoms with Crippen LogP contribution in [0.25, 0.3) is 0 Å². The molecule has 0 aromatic rings. The molecule has 4 aliphatic rings. The molecule has 0 saturated heterocycles. The molecule has 0 aromatic carbocycles. The highest BCUT2D eigenvalue weighted by Crippen LogP contribution is 2.75. The monoisotopic (exact) mass is 712 g/mol. The highest BCUT2D eigenvalue weighted by molar-refractivity contribution is 7.80. The average Bonchev–Trinajstić information content (AvgIpc) is 3.28. The van der Waals surface area contributed by atoms with Gasteiger partial charge >= 0.3 is 16.4 Å². The number of carbonyl (C=O) groups is 2. The van der Waals surface area contributed by atoms with E-state index in [9.17, 15) is 22.6 Å². The van der Waals surface area contributed by atoms with Gasteiger partial charge in [-0.2, -0.15) is 8.42 Å². The molecule has 1 amide bonds. The fourth-order valence-corrected chi connectivity index (χ4v) is 12.5. The summed E-state index contributed by atoms with van der Waals surface area (Å²) >= 11 is 0. The molecule has 11 nitrogen and oxygen atoms in total. The van der Waals surface area contributed by atoms with Crippen LogP contribution in [0.4, 0.5) is 0 Å². The Hall–Kier alpha value is -1.31. The predicted molar refractivity (Wildman–Crippen MR) is 191 cm³/mol. The molecule has 0 aromatic heterocycles. The van der Waals surface area contributed by atoms with Crippen molar-refractivity contribution in [3.05, 3.63) is 0 Å². The van der Waals surface area contributed by atoms with Crippen molar-refractivity contribution in [2.24, 2.45) is 69.1 Å². The van der Waals surface area contributed by atoms with Gasteiger partial charge in [0.25, 0.3) is 0 Å². The zero-order chi connectivity index (χ0) is 36.4. The van der Waals surface area contributed by atoms with Gasteiger partial charge in [0.15, 0.2) is 0 Å². The number of nitrogens with two attached hydrogens (primary N) is 2. The molecule has 0 unspecified atom stereocenters. The number of hydrogen-bond donors (Lipinski definition) is 4.